The fraction of sp³-hybridized carbons (Fsp3) is 0.435. The van der Waals surface area contributed by atoms with E-state index in [0.29, 0.717) is 11.8 Å². The van der Waals surface area contributed by atoms with Gasteiger partial charge >= 0.3 is 0 Å². The summed E-state index contributed by atoms with van der Waals surface area (Å²) in [6, 6.07) is 16.7. The molecule has 0 radical (unpaired) electrons. The molecule has 3 nitrogen and oxygen atoms in total. The Morgan fingerprint density at radius 3 is 2.04 bits per heavy atom. The van der Waals surface area contributed by atoms with Gasteiger partial charge in [-0.3, -0.25) is 4.79 Å². The first-order valence-corrected chi connectivity index (χ1v) is 9.80. The molecule has 136 valence electrons. The summed E-state index contributed by atoms with van der Waals surface area (Å²) in [5, 5.41) is 9.76. The lowest BCUT2D eigenvalue weighted by Gasteiger charge is -2.18. The molecule has 3 atom stereocenters. The molecule has 1 saturated heterocycles. The van der Waals surface area contributed by atoms with Gasteiger partial charge in [0.25, 0.3) is 5.91 Å². The molecule has 0 spiro atoms. The largest absolute Gasteiger partial charge is 0.393 e. The zero-order chi connectivity index (χ0) is 18.1. The summed E-state index contributed by atoms with van der Waals surface area (Å²) >= 11 is 0. The van der Waals surface area contributed by atoms with Crippen molar-refractivity contribution in [3.05, 3.63) is 59.7 Å². The quantitative estimate of drug-likeness (QED) is 0.901. The molecule has 1 unspecified atom stereocenters. The molecule has 1 aliphatic heterocycles. The zero-order valence-corrected chi connectivity index (χ0v) is 15.4. The third-order valence-corrected chi connectivity index (χ3v) is 5.97. The van der Waals surface area contributed by atoms with Crippen molar-refractivity contribution in [2.75, 3.05) is 13.1 Å². The molecule has 2 aromatic carbocycles. The Morgan fingerprint density at radius 2 is 1.50 bits per heavy atom. The third kappa shape index (κ3) is 3.41. The summed E-state index contributed by atoms with van der Waals surface area (Å²) in [7, 11) is 0. The molecular weight excluding hydrogens is 322 g/mol. The minimum atomic E-state index is -0.162. The van der Waals surface area contributed by atoms with E-state index in [2.05, 4.69) is 31.2 Å². The lowest BCUT2D eigenvalue weighted by Crippen LogP contribution is -2.30. The van der Waals surface area contributed by atoms with Crippen LogP contribution in [-0.4, -0.2) is 35.1 Å². The summed E-state index contributed by atoms with van der Waals surface area (Å²) in [5.74, 6) is 1.09. The number of fused-ring (bicyclic) bond motifs is 1. The second kappa shape index (κ2) is 7.24. The Labute approximate surface area is 155 Å². The fourth-order valence-electron chi connectivity index (χ4n) is 4.57. The predicted molar refractivity (Wildman–Crippen MR) is 104 cm³/mol. The normalized spacial score (nSPS) is 24.7. The summed E-state index contributed by atoms with van der Waals surface area (Å²) in [5.41, 5.74) is 4.46. The van der Waals surface area contributed by atoms with Crippen molar-refractivity contribution in [2.24, 2.45) is 11.8 Å². The summed E-state index contributed by atoms with van der Waals surface area (Å²) in [6.45, 7) is 3.78. The van der Waals surface area contributed by atoms with E-state index in [4.69, 9.17) is 0 Å². The van der Waals surface area contributed by atoms with Crippen molar-refractivity contribution in [3.8, 4) is 11.1 Å². The first kappa shape index (κ1) is 17.3. The van der Waals surface area contributed by atoms with E-state index in [-0.39, 0.29) is 12.0 Å². The van der Waals surface area contributed by atoms with Crippen LogP contribution >= 0.6 is 0 Å². The average Bonchev–Trinajstić information content (AvgIpc) is 3.20. The molecule has 1 amide bonds. The van der Waals surface area contributed by atoms with E-state index in [1.165, 1.54) is 11.1 Å². The molecule has 1 aliphatic carbocycles. The summed E-state index contributed by atoms with van der Waals surface area (Å²) in [6.07, 6.45) is 3.81. The standard InChI is InChI=1S/C23H27NO2/c1-2-3-16-4-6-17(7-5-16)18-8-10-19(11-9-18)23(26)24-14-20-12-22(25)13-21(20)15-24/h4-11,20-22,25H,2-3,12-15H2,1H3/t20-,21+,22?. The second-order valence-electron chi connectivity index (χ2n) is 7.88. The van der Waals surface area contributed by atoms with Gasteiger partial charge in [0.2, 0.25) is 0 Å². The number of amides is 1. The van der Waals surface area contributed by atoms with Crippen LogP contribution in [0.15, 0.2) is 48.5 Å². The number of carbonyl (C=O) groups excluding carboxylic acids is 1. The van der Waals surface area contributed by atoms with E-state index >= 15 is 0 Å². The molecule has 2 fully saturated rings. The van der Waals surface area contributed by atoms with Gasteiger partial charge in [0.1, 0.15) is 0 Å². The Morgan fingerprint density at radius 1 is 0.962 bits per heavy atom. The SMILES string of the molecule is CCCc1ccc(-c2ccc(C(=O)N3C[C@H]4CC(O)C[C@H]4C3)cc2)cc1. The molecule has 4 rings (SSSR count). The molecule has 26 heavy (non-hydrogen) atoms. The van der Waals surface area contributed by atoms with Gasteiger partial charge in [-0.25, -0.2) is 0 Å². The van der Waals surface area contributed by atoms with E-state index in [1.807, 2.05) is 29.2 Å². The Balaban J connectivity index is 1.43. The van der Waals surface area contributed by atoms with Crippen LogP contribution in [-0.2, 0) is 6.42 Å². The highest BCUT2D eigenvalue weighted by molar-refractivity contribution is 5.95. The molecule has 2 aromatic rings. The number of hydrogen-bond acceptors (Lipinski definition) is 2. The van der Waals surface area contributed by atoms with Gasteiger partial charge in [0, 0.05) is 18.7 Å². The lowest BCUT2D eigenvalue weighted by atomic mass is 10.0. The van der Waals surface area contributed by atoms with Gasteiger partial charge in [0.05, 0.1) is 6.10 Å². The van der Waals surface area contributed by atoms with E-state index in [0.717, 1.165) is 49.9 Å². The van der Waals surface area contributed by atoms with Crippen LogP contribution in [0.25, 0.3) is 11.1 Å². The van der Waals surface area contributed by atoms with Crippen LogP contribution in [0.1, 0.15) is 42.1 Å². The minimum Gasteiger partial charge on any atom is -0.393 e. The highest BCUT2D eigenvalue weighted by Gasteiger charge is 2.41. The first-order chi connectivity index (χ1) is 12.6. The highest BCUT2D eigenvalue weighted by atomic mass is 16.3. The molecule has 1 heterocycles. The number of carbonyl (C=O) groups is 1. The van der Waals surface area contributed by atoms with E-state index in [1.54, 1.807) is 0 Å². The average molecular weight is 349 g/mol. The maximum Gasteiger partial charge on any atom is 0.253 e. The van der Waals surface area contributed by atoms with Gasteiger partial charge in [0.15, 0.2) is 0 Å². The number of hydrogen-bond donors (Lipinski definition) is 1. The second-order valence-corrected chi connectivity index (χ2v) is 7.88. The monoisotopic (exact) mass is 349 g/mol. The van der Waals surface area contributed by atoms with Crippen LogP contribution in [0.2, 0.25) is 0 Å². The maximum atomic E-state index is 12.8. The number of aliphatic hydroxyl groups excluding tert-OH is 1. The number of aliphatic hydroxyl groups is 1. The van der Waals surface area contributed by atoms with Gasteiger partial charge in [-0.1, -0.05) is 49.7 Å². The van der Waals surface area contributed by atoms with Gasteiger partial charge in [-0.05, 0) is 59.9 Å². The predicted octanol–water partition coefficient (Wildman–Crippen LogP) is 4.15. The van der Waals surface area contributed by atoms with Crippen molar-refractivity contribution < 1.29 is 9.90 Å². The van der Waals surface area contributed by atoms with Crippen LogP contribution in [0, 0.1) is 11.8 Å². The van der Waals surface area contributed by atoms with Crippen LogP contribution < -0.4 is 0 Å². The molecule has 0 aromatic heterocycles. The summed E-state index contributed by atoms with van der Waals surface area (Å²) < 4.78 is 0. The molecule has 2 aliphatic rings. The van der Waals surface area contributed by atoms with Crippen molar-refractivity contribution in [2.45, 2.75) is 38.7 Å². The van der Waals surface area contributed by atoms with Crippen molar-refractivity contribution in [1.29, 1.82) is 0 Å². The topological polar surface area (TPSA) is 40.5 Å². The number of aryl methyl sites for hydroxylation is 1. The Kier molecular flexibility index (Phi) is 4.82. The molecule has 1 N–H and O–H groups in total. The molecule has 0 bridgehead atoms. The van der Waals surface area contributed by atoms with Crippen molar-refractivity contribution in [3.63, 3.8) is 0 Å². The first-order valence-electron chi connectivity index (χ1n) is 9.80. The Bertz CT molecular complexity index is 752. The zero-order valence-electron chi connectivity index (χ0n) is 15.4. The summed E-state index contributed by atoms with van der Waals surface area (Å²) in [4.78, 5) is 14.8. The third-order valence-electron chi connectivity index (χ3n) is 5.97. The maximum absolute atomic E-state index is 12.8. The van der Waals surface area contributed by atoms with Gasteiger partial charge in [-0.2, -0.15) is 0 Å². The van der Waals surface area contributed by atoms with Crippen LogP contribution in [0.5, 0.6) is 0 Å². The number of benzene rings is 2. The van der Waals surface area contributed by atoms with Crippen LogP contribution in [0.4, 0.5) is 0 Å². The van der Waals surface area contributed by atoms with E-state index in [9.17, 15) is 9.90 Å². The molecule has 3 heteroatoms. The van der Waals surface area contributed by atoms with Crippen molar-refractivity contribution >= 4 is 5.91 Å². The van der Waals surface area contributed by atoms with Gasteiger partial charge < -0.3 is 10.0 Å². The highest BCUT2D eigenvalue weighted by Crippen LogP contribution is 2.38. The number of likely N-dealkylation sites (tertiary alicyclic amines) is 1. The lowest BCUT2D eigenvalue weighted by molar-refractivity contribution is 0.0765. The van der Waals surface area contributed by atoms with Crippen LogP contribution in [0.3, 0.4) is 0 Å². The smallest absolute Gasteiger partial charge is 0.253 e. The van der Waals surface area contributed by atoms with E-state index < -0.39 is 0 Å². The Hall–Kier alpha value is -2.13. The minimum absolute atomic E-state index is 0.124. The molecule has 1 saturated carbocycles. The number of nitrogens with zero attached hydrogens (tertiary/aromatic N) is 1. The molecular formula is C23H27NO2. The van der Waals surface area contributed by atoms with Crippen molar-refractivity contribution in [1.82, 2.24) is 4.90 Å². The number of rotatable bonds is 4. The fourth-order valence-corrected chi connectivity index (χ4v) is 4.57. The van der Waals surface area contributed by atoms with Gasteiger partial charge in [-0.15, -0.1) is 0 Å².